The number of hydrogen-bond acceptors (Lipinski definition) is 2. The van der Waals surface area contributed by atoms with Crippen LogP contribution in [-0.2, 0) is 11.3 Å². The van der Waals surface area contributed by atoms with Gasteiger partial charge in [-0.2, -0.15) is 0 Å². The normalized spacial score (nSPS) is 13.2. The lowest BCUT2D eigenvalue weighted by molar-refractivity contribution is 0.194. The van der Waals surface area contributed by atoms with Crippen LogP contribution in [0, 0.1) is 0 Å². The van der Waals surface area contributed by atoms with E-state index in [0.29, 0.717) is 6.61 Å². The summed E-state index contributed by atoms with van der Waals surface area (Å²) in [7, 11) is 2.08. The molecular formula is C17H17NO. The van der Waals surface area contributed by atoms with Crippen LogP contribution in [0.15, 0.2) is 60.4 Å². The van der Waals surface area contributed by atoms with Gasteiger partial charge in [-0.1, -0.05) is 42.5 Å². The van der Waals surface area contributed by atoms with Crippen molar-refractivity contribution in [1.29, 1.82) is 0 Å². The van der Waals surface area contributed by atoms with Gasteiger partial charge in [-0.3, -0.25) is 0 Å². The molecule has 96 valence electrons. The van der Waals surface area contributed by atoms with E-state index in [1.165, 1.54) is 16.8 Å². The van der Waals surface area contributed by atoms with Crippen LogP contribution in [0.3, 0.4) is 0 Å². The molecule has 2 nitrogen and oxygen atoms in total. The van der Waals surface area contributed by atoms with Gasteiger partial charge < -0.3 is 9.64 Å². The number of fused-ring (bicyclic) bond motifs is 1. The van der Waals surface area contributed by atoms with Gasteiger partial charge in [0.1, 0.15) is 12.4 Å². The number of rotatable bonds is 3. The summed E-state index contributed by atoms with van der Waals surface area (Å²) in [6.45, 7) is 1.46. The highest BCUT2D eigenvalue weighted by atomic mass is 16.5. The first-order chi connectivity index (χ1) is 9.33. The quantitative estimate of drug-likeness (QED) is 0.824. The third-order valence-electron chi connectivity index (χ3n) is 3.37. The number of para-hydroxylation sites is 1. The Hall–Kier alpha value is -2.22. The van der Waals surface area contributed by atoms with Gasteiger partial charge in [0.15, 0.2) is 0 Å². The standard InChI is InChI=1S/C17H17NO/c1-18(16-9-3-2-4-10-16)12-17-11-14-7-5-6-8-15(14)13-19-17/h2-11H,12-13H2,1H3. The SMILES string of the molecule is CN(CC1=Cc2ccccc2CO1)c1ccccc1. The van der Waals surface area contributed by atoms with E-state index < -0.39 is 0 Å². The van der Waals surface area contributed by atoms with Crippen LogP contribution in [0.25, 0.3) is 6.08 Å². The number of ether oxygens (including phenoxy) is 1. The minimum absolute atomic E-state index is 0.671. The van der Waals surface area contributed by atoms with Gasteiger partial charge in [-0.25, -0.2) is 0 Å². The molecule has 0 aromatic heterocycles. The zero-order valence-electron chi connectivity index (χ0n) is 11.0. The highest BCUT2D eigenvalue weighted by Gasteiger charge is 2.12. The maximum atomic E-state index is 5.82. The van der Waals surface area contributed by atoms with Crippen molar-refractivity contribution in [3.63, 3.8) is 0 Å². The maximum Gasteiger partial charge on any atom is 0.116 e. The molecule has 2 aromatic rings. The topological polar surface area (TPSA) is 12.5 Å². The lowest BCUT2D eigenvalue weighted by atomic mass is 10.1. The molecule has 0 unspecified atom stereocenters. The van der Waals surface area contributed by atoms with Crippen LogP contribution >= 0.6 is 0 Å². The first-order valence-corrected chi connectivity index (χ1v) is 6.50. The summed E-state index contributed by atoms with van der Waals surface area (Å²) in [4.78, 5) is 2.19. The van der Waals surface area contributed by atoms with Gasteiger partial charge in [0.2, 0.25) is 0 Å². The minimum atomic E-state index is 0.671. The second kappa shape index (κ2) is 5.19. The molecule has 0 radical (unpaired) electrons. The lowest BCUT2D eigenvalue weighted by Crippen LogP contribution is -2.22. The second-order valence-electron chi connectivity index (χ2n) is 4.79. The third kappa shape index (κ3) is 2.63. The Morgan fingerprint density at radius 2 is 1.74 bits per heavy atom. The summed E-state index contributed by atoms with van der Waals surface area (Å²) in [6.07, 6.45) is 2.14. The molecule has 1 aliphatic heterocycles. The van der Waals surface area contributed by atoms with E-state index in [1.807, 2.05) is 6.07 Å². The Morgan fingerprint density at radius 1 is 1.00 bits per heavy atom. The average molecular weight is 251 g/mol. The molecule has 0 N–H and O–H groups in total. The van der Waals surface area contributed by atoms with Crippen molar-refractivity contribution in [2.24, 2.45) is 0 Å². The van der Waals surface area contributed by atoms with Gasteiger partial charge in [0.05, 0.1) is 6.54 Å². The summed E-state index contributed by atoms with van der Waals surface area (Å²) in [6, 6.07) is 18.7. The van der Waals surface area contributed by atoms with Crippen LogP contribution in [-0.4, -0.2) is 13.6 Å². The van der Waals surface area contributed by atoms with Crippen molar-refractivity contribution >= 4 is 11.8 Å². The van der Waals surface area contributed by atoms with E-state index in [4.69, 9.17) is 4.74 Å². The van der Waals surface area contributed by atoms with E-state index >= 15 is 0 Å². The number of anilines is 1. The van der Waals surface area contributed by atoms with Crippen LogP contribution < -0.4 is 4.90 Å². The molecule has 0 bridgehead atoms. The summed E-state index contributed by atoms with van der Waals surface area (Å²) < 4.78 is 5.82. The molecule has 2 aromatic carbocycles. The fourth-order valence-electron chi connectivity index (χ4n) is 2.29. The van der Waals surface area contributed by atoms with E-state index in [1.54, 1.807) is 0 Å². The van der Waals surface area contributed by atoms with Crippen molar-refractivity contribution in [2.45, 2.75) is 6.61 Å². The zero-order valence-corrected chi connectivity index (χ0v) is 11.0. The fraction of sp³-hybridized carbons (Fsp3) is 0.176. The molecule has 0 spiro atoms. The number of benzene rings is 2. The van der Waals surface area contributed by atoms with Gasteiger partial charge >= 0.3 is 0 Å². The largest absolute Gasteiger partial charge is 0.491 e. The Bertz CT molecular complexity index is 589. The molecular weight excluding hydrogens is 234 g/mol. The molecule has 3 rings (SSSR count). The Kier molecular flexibility index (Phi) is 3.23. The maximum absolute atomic E-state index is 5.82. The number of likely N-dealkylation sites (N-methyl/N-ethyl adjacent to an activating group) is 1. The fourth-order valence-corrected chi connectivity index (χ4v) is 2.29. The highest BCUT2D eigenvalue weighted by molar-refractivity contribution is 5.58. The molecule has 0 aliphatic carbocycles. The molecule has 0 amide bonds. The lowest BCUT2D eigenvalue weighted by Gasteiger charge is -2.24. The molecule has 0 atom stereocenters. The van der Waals surface area contributed by atoms with Crippen LogP contribution in [0.2, 0.25) is 0 Å². The first-order valence-electron chi connectivity index (χ1n) is 6.50. The van der Waals surface area contributed by atoms with Crippen LogP contribution in [0.4, 0.5) is 5.69 Å². The summed E-state index contributed by atoms with van der Waals surface area (Å²) in [5.41, 5.74) is 3.73. The first kappa shape index (κ1) is 11.8. The molecule has 2 heteroatoms. The van der Waals surface area contributed by atoms with Crippen molar-refractivity contribution in [3.05, 3.63) is 71.5 Å². The summed E-state index contributed by atoms with van der Waals surface area (Å²) >= 11 is 0. The molecule has 19 heavy (non-hydrogen) atoms. The van der Waals surface area contributed by atoms with Crippen molar-refractivity contribution in [2.75, 3.05) is 18.5 Å². The summed E-state index contributed by atoms with van der Waals surface area (Å²) in [5.74, 6) is 1.02. The van der Waals surface area contributed by atoms with E-state index in [9.17, 15) is 0 Å². The minimum Gasteiger partial charge on any atom is -0.491 e. The highest BCUT2D eigenvalue weighted by Crippen LogP contribution is 2.23. The molecule has 1 heterocycles. The van der Waals surface area contributed by atoms with Gasteiger partial charge in [0, 0.05) is 12.7 Å². The van der Waals surface area contributed by atoms with E-state index in [2.05, 4.69) is 66.6 Å². The molecule has 0 saturated heterocycles. The predicted molar refractivity (Wildman–Crippen MR) is 78.9 cm³/mol. The second-order valence-corrected chi connectivity index (χ2v) is 4.79. The monoisotopic (exact) mass is 251 g/mol. The summed E-state index contributed by atoms with van der Waals surface area (Å²) in [5, 5.41) is 0. The van der Waals surface area contributed by atoms with Crippen molar-refractivity contribution in [3.8, 4) is 0 Å². The van der Waals surface area contributed by atoms with Crippen LogP contribution in [0.5, 0.6) is 0 Å². The van der Waals surface area contributed by atoms with Gasteiger partial charge in [-0.15, -0.1) is 0 Å². The Labute approximate surface area is 113 Å². The predicted octanol–water partition coefficient (Wildman–Crippen LogP) is 3.69. The van der Waals surface area contributed by atoms with E-state index in [0.717, 1.165) is 12.3 Å². The van der Waals surface area contributed by atoms with E-state index in [-0.39, 0.29) is 0 Å². The molecule has 0 saturated carbocycles. The van der Waals surface area contributed by atoms with Crippen molar-refractivity contribution in [1.82, 2.24) is 0 Å². The smallest absolute Gasteiger partial charge is 0.116 e. The molecule has 0 fully saturated rings. The Morgan fingerprint density at radius 3 is 2.58 bits per heavy atom. The average Bonchev–Trinajstić information content (AvgIpc) is 2.48. The van der Waals surface area contributed by atoms with Gasteiger partial charge in [-0.05, 0) is 29.3 Å². The van der Waals surface area contributed by atoms with Crippen molar-refractivity contribution < 1.29 is 4.74 Å². The van der Waals surface area contributed by atoms with Crippen LogP contribution in [0.1, 0.15) is 11.1 Å². The number of hydrogen-bond donors (Lipinski definition) is 0. The van der Waals surface area contributed by atoms with Gasteiger partial charge in [0.25, 0.3) is 0 Å². The number of nitrogens with zero attached hydrogens (tertiary/aromatic N) is 1. The molecule has 1 aliphatic rings. The zero-order chi connectivity index (χ0) is 13.1. The Balaban J connectivity index is 1.77. The third-order valence-corrected chi connectivity index (χ3v) is 3.37.